The molecular formula is C10H13N. The summed E-state index contributed by atoms with van der Waals surface area (Å²) in [5.74, 6) is 0.902. The molecule has 1 atom stereocenters. The van der Waals surface area contributed by atoms with Gasteiger partial charge in [-0.1, -0.05) is 18.2 Å². The molecule has 11 heavy (non-hydrogen) atoms. The van der Waals surface area contributed by atoms with Gasteiger partial charge in [-0.2, -0.15) is 0 Å². The average Bonchev–Trinajstić information content (AvgIpc) is 2.68. The molecule has 2 aliphatic rings. The second-order valence-corrected chi connectivity index (χ2v) is 3.36. The molecule has 0 fully saturated rings. The minimum atomic E-state index is 0. The maximum Gasteiger partial charge on any atom is 0.00981 e. The Balaban J connectivity index is 0.000000480. The lowest BCUT2D eigenvalue weighted by Crippen LogP contribution is -1.91. The number of fused-ring (bicyclic) bond motifs is 1. The van der Waals surface area contributed by atoms with E-state index in [1.807, 2.05) is 0 Å². The number of hydrogen-bond acceptors (Lipinski definition) is 1. The van der Waals surface area contributed by atoms with Crippen LogP contribution in [0.3, 0.4) is 0 Å². The highest BCUT2D eigenvalue weighted by molar-refractivity contribution is 5.58. The fourth-order valence-corrected chi connectivity index (χ4v) is 2.28. The molecule has 2 aliphatic carbocycles. The van der Waals surface area contributed by atoms with E-state index in [1.165, 1.54) is 19.3 Å². The van der Waals surface area contributed by atoms with Crippen LogP contribution in [-0.2, 0) is 6.42 Å². The lowest BCUT2D eigenvalue weighted by Gasteiger charge is -2.05. The lowest BCUT2D eigenvalue weighted by molar-refractivity contribution is 0.693. The van der Waals surface area contributed by atoms with Crippen LogP contribution in [0.4, 0.5) is 0 Å². The van der Waals surface area contributed by atoms with E-state index < -0.39 is 0 Å². The van der Waals surface area contributed by atoms with Crippen molar-refractivity contribution >= 4 is 0 Å². The fourth-order valence-electron chi connectivity index (χ4n) is 2.28. The Labute approximate surface area is 67.0 Å². The van der Waals surface area contributed by atoms with Crippen molar-refractivity contribution in [3.05, 3.63) is 34.9 Å². The number of rotatable bonds is 0. The summed E-state index contributed by atoms with van der Waals surface area (Å²) in [4.78, 5) is 0. The first-order valence-corrected chi connectivity index (χ1v) is 4.08. The summed E-state index contributed by atoms with van der Waals surface area (Å²) < 4.78 is 0. The molecule has 1 unspecified atom stereocenters. The summed E-state index contributed by atoms with van der Waals surface area (Å²) in [7, 11) is 0. The van der Waals surface area contributed by atoms with Gasteiger partial charge in [-0.25, -0.2) is 0 Å². The predicted molar refractivity (Wildman–Crippen MR) is 46.2 cm³/mol. The Kier molecular flexibility index (Phi) is 1.30. The molecule has 3 N–H and O–H groups in total. The normalized spacial score (nSPS) is 23.5. The van der Waals surface area contributed by atoms with Crippen LogP contribution in [0, 0.1) is 0 Å². The summed E-state index contributed by atoms with van der Waals surface area (Å²) in [6.07, 6.45) is 4.16. The standard InChI is InChI=1S/C10H10.H3N/c1-3-7-4-2-6-9-8(5-1)10(7)9;/h1,3,5,9H,2,4,6H2;1H3. The van der Waals surface area contributed by atoms with Crippen molar-refractivity contribution in [1.82, 2.24) is 6.15 Å². The molecule has 1 nitrogen and oxygen atoms in total. The van der Waals surface area contributed by atoms with Gasteiger partial charge >= 0.3 is 0 Å². The minimum absolute atomic E-state index is 0. The molecule has 1 heteroatoms. The average molecular weight is 147 g/mol. The third-order valence-electron chi connectivity index (χ3n) is 2.81. The summed E-state index contributed by atoms with van der Waals surface area (Å²) in [6.45, 7) is 0. The molecule has 3 rings (SSSR count). The molecule has 0 spiro atoms. The van der Waals surface area contributed by atoms with Gasteiger partial charge in [0.25, 0.3) is 0 Å². The van der Waals surface area contributed by atoms with Gasteiger partial charge < -0.3 is 6.15 Å². The van der Waals surface area contributed by atoms with Crippen LogP contribution in [0.2, 0.25) is 0 Å². The molecule has 0 aliphatic heterocycles. The Morgan fingerprint density at radius 3 is 3.00 bits per heavy atom. The zero-order valence-electron chi connectivity index (χ0n) is 6.64. The molecule has 0 aromatic heterocycles. The van der Waals surface area contributed by atoms with Gasteiger partial charge in [0, 0.05) is 5.92 Å². The fraction of sp³-hybridized carbons (Fsp3) is 0.400. The van der Waals surface area contributed by atoms with E-state index in [0.717, 1.165) is 5.92 Å². The molecule has 58 valence electrons. The van der Waals surface area contributed by atoms with E-state index in [-0.39, 0.29) is 6.15 Å². The SMILES string of the molecule is N.c1cc2c3c(c1)C3CCC2. The number of hydrogen-bond donors (Lipinski definition) is 1. The smallest absolute Gasteiger partial charge is 0.00981 e. The van der Waals surface area contributed by atoms with Gasteiger partial charge in [0.1, 0.15) is 0 Å². The van der Waals surface area contributed by atoms with Crippen molar-refractivity contribution in [3.8, 4) is 0 Å². The Morgan fingerprint density at radius 2 is 2.18 bits per heavy atom. The second-order valence-electron chi connectivity index (χ2n) is 3.36. The van der Waals surface area contributed by atoms with Crippen molar-refractivity contribution in [2.45, 2.75) is 25.2 Å². The van der Waals surface area contributed by atoms with E-state index in [4.69, 9.17) is 0 Å². The van der Waals surface area contributed by atoms with E-state index in [0.29, 0.717) is 0 Å². The third kappa shape index (κ3) is 0.746. The van der Waals surface area contributed by atoms with E-state index in [9.17, 15) is 0 Å². The molecule has 0 heterocycles. The highest BCUT2D eigenvalue weighted by Gasteiger charge is 2.36. The summed E-state index contributed by atoms with van der Waals surface area (Å²) in [5, 5.41) is 0. The molecular weight excluding hydrogens is 134 g/mol. The zero-order valence-corrected chi connectivity index (χ0v) is 6.64. The van der Waals surface area contributed by atoms with Crippen molar-refractivity contribution in [2.24, 2.45) is 0 Å². The van der Waals surface area contributed by atoms with Gasteiger partial charge in [-0.15, -0.1) is 0 Å². The molecule has 0 amide bonds. The van der Waals surface area contributed by atoms with Crippen LogP contribution in [0.25, 0.3) is 0 Å². The molecule has 0 radical (unpaired) electrons. The number of benzene rings is 1. The van der Waals surface area contributed by atoms with Gasteiger partial charge in [0.15, 0.2) is 0 Å². The third-order valence-corrected chi connectivity index (χ3v) is 2.81. The van der Waals surface area contributed by atoms with Gasteiger partial charge in [0.2, 0.25) is 0 Å². The Bertz CT molecular complexity index is 291. The van der Waals surface area contributed by atoms with E-state index in [2.05, 4.69) is 18.2 Å². The summed E-state index contributed by atoms with van der Waals surface area (Å²) >= 11 is 0. The minimum Gasteiger partial charge on any atom is -0.344 e. The van der Waals surface area contributed by atoms with Crippen molar-refractivity contribution in [1.29, 1.82) is 0 Å². The van der Waals surface area contributed by atoms with Crippen LogP contribution in [-0.4, -0.2) is 0 Å². The second kappa shape index (κ2) is 2.08. The van der Waals surface area contributed by atoms with E-state index >= 15 is 0 Å². The summed E-state index contributed by atoms with van der Waals surface area (Å²) in [6, 6.07) is 6.78. The maximum atomic E-state index is 2.29. The molecule has 0 bridgehead atoms. The van der Waals surface area contributed by atoms with Crippen LogP contribution < -0.4 is 6.15 Å². The van der Waals surface area contributed by atoms with Crippen LogP contribution in [0.1, 0.15) is 35.4 Å². The first-order chi connectivity index (χ1) is 4.97. The molecule has 0 saturated carbocycles. The Hall–Kier alpha value is -0.820. The highest BCUT2D eigenvalue weighted by atomic mass is 14.4. The van der Waals surface area contributed by atoms with Crippen molar-refractivity contribution in [2.75, 3.05) is 0 Å². The molecule has 1 aromatic rings. The largest absolute Gasteiger partial charge is 0.344 e. The van der Waals surface area contributed by atoms with Crippen LogP contribution in [0.15, 0.2) is 18.2 Å². The zero-order chi connectivity index (χ0) is 6.55. The maximum absolute atomic E-state index is 2.29. The topological polar surface area (TPSA) is 35.0 Å². The monoisotopic (exact) mass is 147 g/mol. The first kappa shape index (κ1) is 6.86. The molecule has 1 aromatic carbocycles. The van der Waals surface area contributed by atoms with Crippen molar-refractivity contribution < 1.29 is 0 Å². The molecule has 0 saturated heterocycles. The lowest BCUT2D eigenvalue weighted by atomic mass is 10.00. The predicted octanol–water partition coefficient (Wildman–Crippen LogP) is 2.63. The first-order valence-electron chi connectivity index (χ1n) is 4.08. The Morgan fingerprint density at radius 1 is 1.27 bits per heavy atom. The number of aryl methyl sites for hydroxylation is 1. The van der Waals surface area contributed by atoms with E-state index in [1.54, 1.807) is 16.7 Å². The quantitative estimate of drug-likeness (QED) is 0.601. The van der Waals surface area contributed by atoms with Gasteiger partial charge in [-0.05, 0) is 36.0 Å². The van der Waals surface area contributed by atoms with Crippen LogP contribution >= 0.6 is 0 Å². The van der Waals surface area contributed by atoms with Gasteiger partial charge in [0.05, 0.1) is 0 Å². The van der Waals surface area contributed by atoms with Gasteiger partial charge in [-0.3, -0.25) is 0 Å². The highest BCUT2D eigenvalue weighted by Crippen LogP contribution is 2.51. The van der Waals surface area contributed by atoms with Crippen LogP contribution in [0.5, 0.6) is 0 Å². The van der Waals surface area contributed by atoms with Crippen molar-refractivity contribution in [3.63, 3.8) is 0 Å². The summed E-state index contributed by atoms with van der Waals surface area (Å²) in [5.41, 5.74) is 4.98.